The van der Waals surface area contributed by atoms with Crippen molar-refractivity contribution in [3.63, 3.8) is 0 Å². The van der Waals surface area contributed by atoms with Crippen LogP contribution < -0.4 is 5.23 Å². The molecule has 3 N–H and O–H groups in total. The van der Waals surface area contributed by atoms with E-state index in [4.69, 9.17) is 10.1 Å². The van der Waals surface area contributed by atoms with Gasteiger partial charge in [0.15, 0.2) is 0 Å². The van der Waals surface area contributed by atoms with Gasteiger partial charge in [-0.15, -0.1) is 0 Å². The molecule has 0 spiro atoms. The molecule has 0 radical (unpaired) electrons. The van der Waals surface area contributed by atoms with E-state index < -0.39 is 13.0 Å². The summed E-state index contributed by atoms with van der Waals surface area (Å²) in [4.78, 5) is 10.7. The highest BCUT2D eigenvalue weighted by atomic mass is 16.4. The maximum absolute atomic E-state index is 10.7. The standard InChI is InChI=1S/C8H10BNO3/c1-9(13)10-7-5-3-2-4-6(7)8(11)12/h2-5,10,13H,1H3,(H,11,12). The average Bonchev–Trinajstić information content (AvgIpc) is 2.03. The predicted molar refractivity (Wildman–Crippen MR) is 50.9 cm³/mol. The lowest BCUT2D eigenvalue weighted by Gasteiger charge is -2.08. The molecule has 0 aliphatic heterocycles. The first-order chi connectivity index (χ1) is 6.11. The third kappa shape index (κ3) is 2.49. The Kier molecular flexibility index (Phi) is 2.92. The van der Waals surface area contributed by atoms with E-state index >= 15 is 0 Å². The molecule has 0 atom stereocenters. The van der Waals surface area contributed by atoms with Gasteiger partial charge < -0.3 is 15.4 Å². The minimum Gasteiger partial charge on any atom is -0.478 e. The van der Waals surface area contributed by atoms with Crippen LogP contribution in [0.1, 0.15) is 10.4 Å². The Morgan fingerprint density at radius 1 is 1.46 bits per heavy atom. The summed E-state index contributed by atoms with van der Waals surface area (Å²) in [6.45, 7) is 1.53. The van der Waals surface area contributed by atoms with Crippen molar-refractivity contribution in [3.8, 4) is 0 Å². The molecule has 0 aromatic heterocycles. The normalized spacial score (nSPS) is 9.38. The third-order valence-corrected chi connectivity index (χ3v) is 1.52. The van der Waals surface area contributed by atoms with Gasteiger partial charge in [-0.25, -0.2) is 4.79 Å². The van der Waals surface area contributed by atoms with Gasteiger partial charge in [0.05, 0.1) is 5.56 Å². The van der Waals surface area contributed by atoms with Crippen molar-refractivity contribution in [3.05, 3.63) is 29.8 Å². The second-order valence-electron chi connectivity index (χ2n) is 2.67. The van der Waals surface area contributed by atoms with Crippen molar-refractivity contribution in [2.45, 2.75) is 6.82 Å². The minimum absolute atomic E-state index is 0.156. The number of carbonyl (C=O) groups is 1. The fourth-order valence-corrected chi connectivity index (χ4v) is 1.02. The maximum Gasteiger partial charge on any atom is 0.406 e. The molecule has 0 fully saturated rings. The molecule has 5 heteroatoms. The van der Waals surface area contributed by atoms with Crippen LogP contribution >= 0.6 is 0 Å². The highest BCUT2D eigenvalue weighted by Gasteiger charge is 2.11. The lowest BCUT2D eigenvalue weighted by molar-refractivity contribution is 0.0698. The molecule has 13 heavy (non-hydrogen) atoms. The number of carboxylic acids is 1. The van der Waals surface area contributed by atoms with Crippen molar-refractivity contribution in [1.82, 2.24) is 0 Å². The Morgan fingerprint density at radius 2 is 2.08 bits per heavy atom. The summed E-state index contributed by atoms with van der Waals surface area (Å²) in [6.07, 6.45) is 0. The van der Waals surface area contributed by atoms with Crippen LogP contribution in [0.15, 0.2) is 24.3 Å². The number of rotatable bonds is 3. The van der Waals surface area contributed by atoms with Crippen LogP contribution in [-0.4, -0.2) is 23.2 Å². The summed E-state index contributed by atoms with van der Waals surface area (Å²) in [5.41, 5.74) is 0.577. The van der Waals surface area contributed by atoms with E-state index in [2.05, 4.69) is 5.23 Å². The van der Waals surface area contributed by atoms with E-state index in [-0.39, 0.29) is 5.56 Å². The molecule has 0 heterocycles. The van der Waals surface area contributed by atoms with Crippen molar-refractivity contribution in [2.75, 3.05) is 5.23 Å². The molecule has 0 aliphatic rings. The van der Waals surface area contributed by atoms with Gasteiger partial charge in [-0.2, -0.15) is 0 Å². The quantitative estimate of drug-likeness (QED) is 0.603. The first-order valence-corrected chi connectivity index (χ1v) is 3.88. The number of anilines is 1. The van der Waals surface area contributed by atoms with Crippen LogP contribution in [0.5, 0.6) is 0 Å². The summed E-state index contributed by atoms with van der Waals surface area (Å²) in [7, 11) is -0.763. The van der Waals surface area contributed by atoms with Crippen molar-refractivity contribution in [1.29, 1.82) is 0 Å². The zero-order chi connectivity index (χ0) is 9.84. The van der Waals surface area contributed by atoms with Crippen LogP contribution in [-0.2, 0) is 0 Å². The van der Waals surface area contributed by atoms with Gasteiger partial charge in [-0.3, -0.25) is 0 Å². The number of hydrogen-bond donors (Lipinski definition) is 3. The topological polar surface area (TPSA) is 69.6 Å². The first kappa shape index (κ1) is 9.60. The summed E-state index contributed by atoms with van der Waals surface area (Å²) >= 11 is 0. The van der Waals surface area contributed by atoms with Crippen LogP contribution in [0.4, 0.5) is 5.69 Å². The number of nitrogens with one attached hydrogen (secondary N) is 1. The molecule has 0 amide bonds. The van der Waals surface area contributed by atoms with Gasteiger partial charge in [-0.05, 0) is 19.0 Å². The maximum atomic E-state index is 10.7. The van der Waals surface area contributed by atoms with Gasteiger partial charge in [0.1, 0.15) is 0 Å². The number of aromatic carboxylic acids is 1. The zero-order valence-electron chi connectivity index (χ0n) is 7.19. The lowest BCUT2D eigenvalue weighted by Crippen LogP contribution is -2.21. The molecule has 4 nitrogen and oxygen atoms in total. The summed E-state index contributed by atoms with van der Waals surface area (Å²) in [5, 5.41) is 20.4. The molecule has 1 rings (SSSR count). The smallest absolute Gasteiger partial charge is 0.406 e. The van der Waals surface area contributed by atoms with Crippen molar-refractivity contribution < 1.29 is 14.9 Å². The average molecular weight is 179 g/mol. The van der Waals surface area contributed by atoms with Gasteiger partial charge >= 0.3 is 13.0 Å². The Hall–Kier alpha value is -1.49. The Bertz CT molecular complexity index is 314. The van der Waals surface area contributed by atoms with Crippen LogP contribution in [0.25, 0.3) is 0 Å². The summed E-state index contributed by atoms with van der Waals surface area (Å²) in [5.74, 6) is -1.01. The summed E-state index contributed by atoms with van der Waals surface area (Å²) < 4.78 is 0. The SMILES string of the molecule is CB(O)Nc1ccccc1C(=O)O. The van der Waals surface area contributed by atoms with E-state index in [1.165, 1.54) is 12.9 Å². The molecular formula is C8H10BNO3. The fraction of sp³-hybridized carbons (Fsp3) is 0.125. The summed E-state index contributed by atoms with van der Waals surface area (Å²) in [6, 6.07) is 6.43. The fourth-order valence-electron chi connectivity index (χ4n) is 1.02. The highest BCUT2D eigenvalue weighted by Crippen LogP contribution is 2.14. The number of benzene rings is 1. The molecule has 68 valence electrons. The molecule has 1 aromatic carbocycles. The highest BCUT2D eigenvalue weighted by molar-refractivity contribution is 6.53. The van der Waals surface area contributed by atoms with E-state index in [1.807, 2.05) is 0 Å². The third-order valence-electron chi connectivity index (χ3n) is 1.52. The van der Waals surface area contributed by atoms with Crippen molar-refractivity contribution in [2.24, 2.45) is 0 Å². The van der Waals surface area contributed by atoms with E-state index in [0.717, 1.165) is 0 Å². The molecule has 0 bridgehead atoms. The number of para-hydroxylation sites is 1. The van der Waals surface area contributed by atoms with E-state index in [0.29, 0.717) is 5.69 Å². The largest absolute Gasteiger partial charge is 0.478 e. The minimum atomic E-state index is -1.01. The molecule has 0 aliphatic carbocycles. The van der Waals surface area contributed by atoms with Gasteiger partial charge in [0.2, 0.25) is 0 Å². The number of carboxylic acid groups (broad SMARTS) is 1. The monoisotopic (exact) mass is 179 g/mol. The molecular weight excluding hydrogens is 169 g/mol. The van der Waals surface area contributed by atoms with E-state index in [9.17, 15) is 4.79 Å². The van der Waals surface area contributed by atoms with E-state index in [1.54, 1.807) is 18.2 Å². The molecule has 0 unspecified atom stereocenters. The van der Waals surface area contributed by atoms with Crippen LogP contribution in [0, 0.1) is 0 Å². The predicted octanol–water partition coefficient (Wildman–Crippen LogP) is 0.907. The first-order valence-electron chi connectivity index (χ1n) is 3.88. The Morgan fingerprint density at radius 3 is 2.62 bits per heavy atom. The zero-order valence-corrected chi connectivity index (χ0v) is 7.19. The second-order valence-corrected chi connectivity index (χ2v) is 2.67. The molecule has 0 saturated carbocycles. The van der Waals surface area contributed by atoms with Gasteiger partial charge in [0, 0.05) is 5.69 Å². The second kappa shape index (κ2) is 3.95. The lowest BCUT2D eigenvalue weighted by atomic mass is 9.88. The van der Waals surface area contributed by atoms with Crippen LogP contribution in [0.2, 0.25) is 6.82 Å². The molecule has 1 aromatic rings. The molecule has 0 saturated heterocycles. The van der Waals surface area contributed by atoms with Gasteiger partial charge in [0.25, 0.3) is 0 Å². The van der Waals surface area contributed by atoms with Gasteiger partial charge in [-0.1, -0.05) is 12.1 Å². The van der Waals surface area contributed by atoms with Crippen molar-refractivity contribution >= 4 is 18.7 Å². The Balaban J connectivity index is 2.98. The van der Waals surface area contributed by atoms with Crippen LogP contribution in [0.3, 0.4) is 0 Å². The number of hydrogen-bond acceptors (Lipinski definition) is 3. The Labute approximate surface area is 76.3 Å².